The van der Waals surface area contributed by atoms with Gasteiger partial charge in [0.25, 0.3) is 0 Å². The summed E-state index contributed by atoms with van der Waals surface area (Å²) in [6, 6.07) is 4.01. The lowest BCUT2D eigenvalue weighted by atomic mass is 10.0. The van der Waals surface area contributed by atoms with Crippen molar-refractivity contribution >= 4 is 0 Å². The molecule has 0 bridgehead atoms. The summed E-state index contributed by atoms with van der Waals surface area (Å²) in [5.74, 6) is 5.76. The number of methoxy groups -OCH3 is 1. The van der Waals surface area contributed by atoms with Gasteiger partial charge in [0.2, 0.25) is 0 Å². The highest BCUT2D eigenvalue weighted by Gasteiger charge is 2.22. The van der Waals surface area contributed by atoms with E-state index in [1.165, 1.54) is 19.2 Å². The Morgan fingerprint density at radius 3 is 2.71 bits per heavy atom. The molecule has 0 heterocycles. The topological polar surface area (TPSA) is 56.5 Å². The van der Waals surface area contributed by atoms with E-state index in [0.717, 1.165) is 0 Å². The molecule has 0 aromatic heterocycles. The van der Waals surface area contributed by atoms with Crippen LogP contribution in [0.3, 0.4) is 0 Å². The van der Waals surface area contributed by atoms with E-state index in [1.54, 1.807) is 6.07 Å². The van der Waals surface area contributed by atoms with Crippen molar-refractivity contribution in [1.29, 1.82) is 0 Å². The molecule has 0 aliphatic carbocycles. The molecule has 4 nitrogen and oxygen atoms in total. The first kappa shape index (κ1) is 13.9. The van der Waals surface area contributed by atoms with Gasteiger partial charge in [-0.2, -0.15) is 0 Å². The van der Waals surface area contributed by atoms with Gasteiger partial charge in [0.1, 0.15) is 11.6 Å². The lowest BCUT2D eigenvalue weighted by molar-refractivity contribution is 0.0465. The number of rotatable bonds is 6. The molecule has 2 atom stereocenters. The predicted octanol–water partition coefficient (Wildman–Crippen LogP) is 1.76. The molecule has 0 spiro atoms. The minimum atomic E-state index is -0.329. The molecule has 0 aliphatic rings. The van der Waals surface area contributed by atoms with Gasteiger partial charge >= 0.3 is 0 Å². The maximum absolute atomic E-state index is 13.3. The zero-order chi connectivity index (χ0) is 12.8. The average molecular weight is 242 g/mol. The highest BCUT2D eigenvalue weighted by atomic mass is 19.1. The maximum Gasteiger partial charge on any atom is 0.123 e. The molecule has 17 heavy (non-hydrogen) atoms. The van der Waals surface area contributed by atoms with E-state index in [0.29, 0.717) is 17.9 Å². The number of hydrogen-bond acceptors (Lipinski definition) is 4. The van der Waals surface area contributed by atoms with E-state index in [-0.39, 0.29) is 18.0 Å². The van der Waals surface area contributed by atoms with Crippen LogP contribution in [0.4, 0.5) is 4.39 Å². The molecular formula is C12H19FN2O2. The molecule has 0 aliphatic heterocycles. The molecule has 1 aromatic rings. The number of ether oxygens (including phenoxy) is 2. The lowest BCUT2D eigenvalue weighted by Gasteiger charge is -2.25. The van der Waals surface area contributed by atoms with E-state index >= 15 is 0 Å². The Hall–Kier alpha value is -1.17. The van der Waals surface area contributed by atoms with Crippen LogP contribution in [0.15, 0.2) is 18.2 Å². The van der Waals surface area contributed by atoms with Gasteiger partial charge in [-0.3, -0.25) is 11.3 Å². The normalized spacial score (nSPS) is 14.4. The summed E-state index contributed by atoms with van der Waals surface area (Å²) in [6.07, 6.45) is -0.180. The first-order valence-electron chi connectivity index (χ1n) is 5.55. The number of halogens is 1. The molecular weight excluding hydrogens is 223 g/mol. The fraction of sp³-hybridized carbons (Fsp3) is 0.500. The number of benzene rings is 1. The Morgan fingerprint density at radius 2 is 2.18 bits per heavy atom. The number of nitrogens with two attached hydrogens (primary N) is 1. The third kappa shape index (κ3) is 3.39. The van der Waals surface area contributed by atoms with E-state index in [4.69, 9.17) is 15.3 Å². The number of hydrogen-bond donors (Lipinski definition) is 2. The number of hydrazine groups is 1. The van der Waals surface area contributed by atoms with Gasteiger partial charge in [-0.05, 0) is 32.0 Å². The van der Waals surface area contributed by atoms with Crippen molar-refractivity contribution < 1.29 is 13.9 Å². The fourth-order valence-corrected chi connectivity index (χ4v) is 1.79. The van der Waals surface area contributed by atoms with Gasteiger partial charge in [-0.15, -0.1) is 0 Å². The van der Waals surface area contributed by atoms with Crippen LogP contribution < -0.4 is 16.0 Å². The fourth-order valence-electron chi connectivity index (χ4n) is 1.79. The molecule has 96 valence electrons. The molecule has 1 aromatic carbocycles. The minimum absolute atomic E-state index is 0.180. The Balaban J connectivity index is 3.05. The molecule has 0 radical (unpaired) electrons. The van der Waals surface area contributed by atoms with Crippen LogP contribution in [0.1, 0.15) is 25.5 Å². The second kappa shape index (κ2) is 6.54. The van der Waals surface area contributed by atoms with Crippen molar-refractivity contribution in [2.24, 2.45) is 5.84 Å². The van der Waals surface area contributed by atoms with Crippen LogP contribution in [-0.4, -0.2) is 19.8 Å². The molecule has 0 saturated carbocycles. The molecule has 3 N–H and O–H groups in total. The summed E-state index contributed by atoms with van der Waals surface area (Å²) in [6.45, 7) is 4.34. The van der Waals surface area contributed by atoms with Crippen LogP contribution in [0.5, 0.6) is 5.75 Å². The number of nitrogens with one attached hydrogen (secondary N) is 1. The quantitative estimate of drug-likeness (QED) is 0.589. The Morgan fingerprint density at radius 1 is 1.47 bits per heavy atom. The second-order valence-corrected chi connectivity index (χ2v) is 3.69. The molecule has 0 fully saturated rings. The van der Waals surface area contributed by atoms with Crippen LogP contribution in [0, 0.1) is 5.82 Å². The zero-order valence-corrected chi connectivity index (χ0v) is 10.4. The van der Waals surface area contributed by atoms with Gasteiger partial charge in [0.15, 0.2) is 0 Å². The zero-order valence-electron chi connectivity index (χ0n) is 10.4. The third-order valence-electron chi connectivity index (χ3n) is 2.61. The summed E-state index contributed by atoms with van der Waals surface area (Å²) in [5.41, 5.74) is 3.28. The Bertz CT molecular complexity index is 360. The Kier molecular flexibility index (Phi) is 5.34. The van der Waals surface area contributed by atoms with Gasteiger partial charge in [0.05, 0.1) is 19.3 Å². The molecule has 0 saturated heterocycles. The van der Waals surface area contributed by atoms with E-state index in [1.807, 2.05) is 13.8 Å². The van der Waals surface area contributed by atoms with Crippen LogP contribution in [-0.2, 0) is 4.74 Å². The highest BCUT2D eigenvalue weighted by Crippen LogP contribution is 2.28. The molecule has 1 rings (SSSR count). The molecule has 5 heteroatoms. The minimum Gasteiger partial charge on any atom is -0.496 e. The van der Waals surface area contributed by atoms with Crippen molar-refractivity contribution in [3.8, 4) is 5.75 Å². The van der Waals surface area contributed by atoms with Crippen LogP contribution in [0.25, 0.3) is 0 Å². The van der Waals surface area contributed by atoms with Crippen molar-refractivity contribution in [3.63, 3.8) is 0 Å². The highest BCUT2D eigenvalue weighted by molar-refractivity contribution is 5.37. The van der Waals surface area contributed by atoms with E-state index in [9.17, 15) is 4.39 Å². The SMILES string of the molecule is CCOC(C)C(NN)c1cc(F)ccc1OC. The predicted molar refractivity (Wildman–Crippen MR) is 64.1 cm³/mol. The summed E-state index contributed by atoms with van der Waals surface area (Å²) in [7, 11) is 1.54. The lowest BCUT2D eigenvalue weighted by Crippen LogP contribution is -2.36. The van der Waals surface area contributed by atoms with Gasteiger partial charge in [-0.1, -0.05) is 0 Å². The molecule has 0 amide bonds. The third-order valence-corrected chi connectivity index (χ3v) is 2.61. The first-order valence-corrected chi connectivity index (χ1v) is 5.55. The monoisotopic (exact) mass is 242 g/mol. The van der Waals surface area contributed by atoms with Crippen LogP contribution >= 0.6 is 0 Å². The summed E-state index contributed by atoms with van der Waals surface area (Å²) >= 11 is 0. The van der Waals surface area contributed by atoms with Crippen molar-refractivity contribution in [1.82, 2.24) is 5.43 Å². The van der Waals surface area contributed by atoms with Crippen molar-refractivity contribution in [2.75, 3.05) is 13.7 Å². The van der Waals surface area contributed by atoms with Gasteiger partial charge in [-0.25, -0.2) is 4.39 Å². The van der Waals surface area contributed by atoms with E-state index in [2.05, 4.69) is 5.43 Å². The van der Waals surface area contributed by atoms with Crippen molar-refractivity contribution in [3.05, 3.63) is 29.6 Å². The largest absolute Gasteiger partial charge is 0.496 e. The molecule has 2 unspecified atom stereocenters. The van der Waals surface area contributed by atoms with Gasteiger partial charge in [0, 0.05) is 12.2 Å². The summed E-state index contributed by atoms with van der Waals surface area (Å²) < 4.78 is 23.9. The smallest absolute Gasteiger partial charge is 0.123 e. The van der Waals surface area contributed by atoms with Crippen LogP contribution in [0.2, 0.25) is 0 Å². The van der Waals surface area contributed by atoms with Crippen molar-refractivity contribution in [2.45, 2.75) is 26.0 Å². The first-order chi connectivity index (χ1) is 8.13. The second-order valence-electron chi connectivity index (χ2n) is 3.69. The van der Waals surface area contributed by atoms with Gasteiger partial charge < -0.3 is 9.47 Å². The summed E-state index contributed by atoms with van der Waals surface area (Å²) in [4.78, 5) is 0. The standard InChI is InChI=1S/C12H19FN2O2/c1-4-17-8(2)12(15-14)10-7-9(13)5-6-11(10)16-3/h5-8,12,15H,4,14H2,1-3H3. The van der Waals surface area contributed by atoms with E-state index < -0.39 is 0 Å². The maximum atomic E-state index is 13.3. The Labute approximate surface area is 101 Å². The summed E-state index contributed by atoms with van der Waals surface area (Å²) in [5, 5.41) is 0. The average Bonchev–Trinajstić information content (AvgIpc) is 2.31.